The summed E-state index contributed by atoms with van der Waals surface area (Å²) in [5.74, 6) is 0.726. The second kappa shape index (κ2) is 15.0. The third-order valence-electron chi connectivity index (χ3n) is 12.6. The molecule has 1 fully saturated rings. The minimum atomic E-state index is 0.726. The molecule has 2 nitrogen and oxygen atoms in total. The topological polar surface area (TPSA) is 8.17 Å². The minimum absolute atomic E-state index is 0.726. The largest absolute Gasteiger partial charge is 0.311 e. The Morgan fingerprint density at radius 1 is 0.356 bits per heavy atom. The minimum Gasteiger partial charge on any atom is -0.311 e. The second-order valence-corrected chi connectivity index (χ2v) is 16.0. The van der Waals surface area contributed by atoms with Crippen molar-refractivity contribution in [1.29, 1.82) is 0 Å². The Hall–Kier alpha value is -7.16. The fraction of sp³-hybridized carbons (Fsp3) is 0.0877. The summed E-state index contributed by atoms with van der Waals surface area (Å²) in [5, 5.41) is 5.08. The van der Waals surface area contributed by atoms with Crippen molar-refractivity contribution < 1.29 is 0 Å². The number of benzene rings is 9. The zero-order valence-corrected chi connectivity index (χ0v) is 33.0. The number of fused-ring (bicyclic) bond motifs is 4. The fourth-order valence-electron chi connectivity index (χ4n) is 9.53. The molecule has 0 N–H and O–H groups in total. The van der Waals surface area contributed by atoms with Crippen molar-refractivity contribution in [2.45, 2.75) is 31.6 Å². The molecule has 1 saturated carbocycles. The summed E-state index contributed by atoms with van der Waals surface area (Å²) >= 11 is 0. The van der Waals surface area contributed by atoms with Crippen LogP contribution in [0.3, 0.4) is 0 Å². The Kier molecular flexibility index (Phi) is 8.89. The van der Waals surface area contributed by atoms with Crippen LogP contribution in [0.1, 0.15) is 37.2 Å². The molecule has 0 saturated heterocycles. The van der Waals surface area contributed by atoms with Gasteiger partial charge in [0.1, 0.15) is 0 Å². The van der Waals surface area contributed by atoms with Gasteiger partial charge in [-0.2, -0.15) is 0 Å². The summed E-state index contributed by atoms with van der Waals surface area (Å²) in [6.07, 6.45) is 5.36. The molecular weight excluding hydrogens is 713 g/mol. The lowest BCUT2D eigenvalue weighted by molar-refractivity contribution is 0.723. The Morgan fingerprint density at radius 3 is 1.32 bits per heavy atom. The summed E-state index contributed by atoms with van der Waals surface area (Å²) in [6.45, 7) is 0. The van der Waals surface area contributed by atoms with E-state index in [4.69, 9.17) is 0 Å². The zero-order chi connectivity index (χ0) is 39.1. The number of hydrogen-bond donors (Lipinski definition) is 0. The van der Waals surface area contributed by atoms with Crippen LogP contribution in [0.25, 0.3) is 71.6 Å². The molecular formula is C57H44N2. The fourth-order valence-corrected chi connectivity index (χ4v) is 9.53. The van der Waals surface area contributed by atoms with Crippen LogP contribution >= 0.6 is 0 Å². The van der Waals surface area contributed by atoms with Crippen LogP contribution < -0.4 is 4.90 Å². The van der Waals surface area contributed by atoms with Gasteiger partial charge >= 0.3 is 0 Å². The van der Waals surface area contributed by atoms with Gasteiger partial charge in [0.05, 0.1) is 11.0 Å². The first kappa shape index (κ1) is 35.0. The van der Waals surface area contributed by atoms with Crippen molar-refractivity contribution in [3.8, 4) is 39.1 Å². The molecule has 1 heterocycles. The Bertz CT molecular complexity index is 3000. The number of anilines is 3. The van der Waals surface area contributed by atoms with E-state index < -0.39 is 0 Å². The summed E-state index contributed by atoms with van der Waals surface area (Å²) in [5.41, 5.74) is 15.8. The van der Waals surface area contributed by atoms with Gasteiger partial charge in [-0.3, -0.25) is 0 Å². The van der Waals surface area contributed by atoms with Gasteiger partial charge < -0.3 is 9.47 Å². The van der Waals surface area contributed by atoms with Crippen molar-refractivity contribution >= 4 is 49.6 Å². The molecule has 10 aromatic rings. The van der Waals surface area contributed by atoms with Gasteiger partial charge in [-0.05, 0) is 129 Å². The Labute approximate surface area is 346 Å². The third-order valence-corrected chi connectivity index (χ3v) is 12.6. The number of nitrogens with zero attached hydrogens (tertiary/aromatic N) is 2. The van der Waals surface area contributed by atoms with Gasteiger partial charge in [0.2, 0.25) is 0 Å². The van der Waals surface area contributed by atoms with E-state index in [0.29, 0.717) is 0 Å². The smallest absolute Gasteiger partial charge is 0.0541 e. The van der Waals surface area contributed by atoms with Crippen LogP contribution in [0.2, 0.25) is 0 Å². The predicted octanol–water partition coefficient (Wildman–Crippen LogP) is 16.1. The van der Waals surface area contributed by atoms with Crippen LogP contribution in [0, 0.1) is 0 Å². The molecule has 0 atom stereocenters. The summed E-state index contributed by atoms with van der Waals surface area (Å²) in [6, 6.07) is 78.0. The van der Waals surface area contributed by atoms with E-state index in [-0.39, 0.29) is 0 Å². The van der Waals surface area contributed by atoms with Crippen LogP contribution in [-0.4, -0.2) is 4.57 Å². The van der Waals surface area contributed by atoms with E-state index in [1.165, 1.54) is 97.2 Å². The maximum Gasteiger partial charge on any atom is 0.0541 e. The zero-order valence-electron chi connectivity index (χ0n) is 33.0. The van der Waals surface area contributed by atoms with Crippen LogP contribution in [0.4, 0.5) is 17.1 Å². The standard InChI is InChI=1S/C57H44N2/c1-2-11-40(10-1)41-20-22-42(23-21-41)43-24-32-48(33-25-43)58(50-38-30-47(31-39-50)53-17-9-13-46-12-3-4-14-52(46)53)49-34-26-44(27-35-49)45-28-36-51(37-29-45)59-56-18-7-5-15-54(56)55-16-6-8-19-57(55)59/h3-9,12-40H,1-2,10-11H2. The molecule has 0 radical (unpaired) electrons. The average molecular weight is 757 g/mol. The van der Waals surface area contributed by atoms with Crippen molar-refractivity contribution in [2.24, 2.45) is 0 Å². The van der Waals surface area contributed by atoms with Crippen molar-refractivity contribution in [3.05, 3.63) is 218 Å². The molecule has 1 aliphatic rings. The molecule has 282 valence electrons. The molecule has 0 unspecified atom stereocenters. The maximum absolute atomic E-state index is 2.37. The Morgan fingerprint density at radius 2 is 0.780 bits per heavy atom. The summed E-state index contributed by atoms with van der Waals surface area (Å²) in [4.78, 5) is 2.37. The van der Waals surface area contributed by atoms with Crippen LogP contribution in [0.15, 0.2) is 212 Å². The van der Waals surface area contributed by atoms with Gasteiger partial charge in [-0.25, -0.2) is 0 Å². The average Bonchev–Trinajstić information content (AvgIpc) is 3.98. The second-order valence-electron chi connectivity index (χ2n) is 16.0. The van der Waals surface area contributed by atoms with E-state index >= 15 is 0 Å². The van der Waals surface area contributed by atoms with Crippen molar-refractivity contribution in [2.75, 3.05) is 4.90 Å². The molecule has 0 bridgehead atoms. The summed E-state index contributed by atoms with van der Waals surface area (Å²) < 4.78 is 2.37. The molecule has 11 rings (SSSR count). The van der Waals surface area contributed by atoms with Crippen molar-refractivity contribution in [1.82, 2.24) is 4.57 Å². The predicted molar refractivity (Wildman–Crippen MR) is 250 cm³/mol. The quantitative estimate of drug-likeness (QED) is 0.150. The van der Waals surface area contributed by atoms with Gasteiger partial charge in [0.25, 0.3) is 0 Å². The lowest BCUT2D eigenvalue weighted by atomic mass is 9.95. The van der Waals surface area contributed by atoms with E-state index in [0.717, 1.165) is 28.7 Å². The molecule has 0 spiro atoms. The maximum atomic E-state index is 2.37. The van der Waals surface area contributed by atoms with Gasteiger partial charge in [-0.1, -0.05) is 165 Å². The van der Waals surface area contributed by atoms with Crippen molar-refractivity contribution in [3.63, 3.8) is 0 Å². The Balaban J connectivity index is 0.925. The number of aromatic nitrogens is 1. The van der Waals surface area contributed by atoms with Crippen LogP contribution in [-0.2, 0) is 0 Å². The molecule has 1 aliphatic carbocycles. The highest BCUT2D eigenvalue weighted by Gasteiger charge is 2.18. The first-order chi connectivity index (χ1) is 29.2. The molecule has 2 heteroatoms. The molecule has 9 aromatic carbocycles. The highest BCUT2D eigenvalue weighted by Crippen LogP contribution is 2.40. The first-order valence-electron chi connectivity index (χ1n) is 21.0. The lowest BCUT2D eigenvalue weighted by Gasteiger charge is -2.26. The molecule has 1 aromatic heterocycles. The first-order valence-corrected chi connectivity index (χ1v) is 21.0. The molecule has 0 aliphatic heterocycles. The number of para-hydroxylation sites is 2. The highest BCUT2D eigenvalue weighted by molar-refractivity contribution is 6.09. The normalized spacial score (nSPS) is 13.1. The van der Waals surface area contributed by atoms with Gasteiger partial charge in [-0.15, -0.1) is 0 Å². The van der Waals surface area contributed by atoms with Gasteiger partial charge in [0.15, 0.2) is 0 Å². The number of hydrogen-bond acceptors (Lipinski definition) is 1. The van der Waals surface area contributed by atoms with E-state index in [2.05, 4.69) is 222 Å². The van der Waals surface area contributed by atoms with E-state index in [9.17, 15) is 0 Å². The highest BCUT2D eigenvalue weighted by atomic mass is 15.1. The monoisotopic (exact) mass is 756 g/mol. The SMILES string of the molecule is c1ccc2c(-c3ccc(N(c4ccc(-c5ccc(C6CCCC6)cc5)cc4)c4ccc(-c5ccc(-n6c7ccccc7c7ccccc76)cc5)cc4)cc3)cccc2c1. The van der Waals surface area contributed by atoms with E-state index in [1.807, 2.05) is 0 Å². The number of rotatable bonds is 8. The van der Waals surface area contributed by atoms with Gasteiger partial charge in [0, 0.05) is 33.5 Å². The lowest BCUT2D eigenvalue weighted by Crippen LogP contribution is -2.09. The van der Waals surface area contributed by atoms with E-state index in [1.54, 1.807) is 0 Å². The summed E-state index contributed by atoms with van der Waals surface area (Å²) in [7, 11) is 0. The molecule has 59 heavy (non-hydrogen) atoms. The molecule has 0 amide bonds. The van der Waals surface area contributed by atoms with Crippen LogP contribution in [0.5, 0.6) is 0 Å². The third kappa shape index (κ3) is 6.48.